The van der Waals surface area contributed by atoms with E-state index in [2.05, 4.69) is 10.5 Å². The number of carbonyl (C=O) groups excluding carboxylic acids is 1. The number of nitrogens with one attached hydrogen (secondary N) is 1. The lowest BCUT2D eigenvalue weighted by atomic mass is 10.2. The highest BCUT2D eigenvalue weighted by Crippen LogP contribution is 2.06. The van der Waals surface area contributed by atoms with Crippen LogP contribution in [0.2, 0.25) is 0 Å². The topological polar surface area (TPSA) is 136 Å². The molecule has 0 aliphatic carbocycles. The lowest BCUT2D eigenvalue weighted by Gasteiger charge is -2.12. The number of aromatic nitrogens is 1. The number of aliphatic carboxylic acids is 1. The summed E-state index contributed by atoms with van der Waals surface area (Å²) < 4.78 is 31.7. The molecule has 0 fully saturated rings. The molecule has 0 saturated carbocycles. The Kier molecular flexibility index (Phi) is 5.85. The molecule has 1 heterocycles. The molecule has 0 aliphatic rings. The summed E-state index contributed by atoms with van der Waals surface area (Å²) in [5.41, 5.74) is -0.104. The minimum atomic E-state index is -3.32. The highest BCUT2D eigenvalue weighted by molar-refractivity contribution is 7.90. The minimum Gasteiger partial charge on any atom is -0.480 e. The van der Waals surface area contributed by atoms with Crippen molar-refractivity contribution in [3.8, 4) is 0 Å². The molecule has 1 aromatic heterocycles. The van der Waals surface area contributed by atoms with Crippen molar-refractivity contribution in [2.45, 2.75) is 19.1 Å². The zero-order chi connectivity index (χ0) is 16.0. The molecule has 10 heteroatoms. The number of carboxylic acids is 1. The van der Waals surface area contributed by atoms with Crippen molar-refractivity contribution in [1.82, 2.24) is 10.5 Å². The molecule has 9 nitrogen and oxygen atoms in total. The minimum absolute atomic E-state index is 0.104. The molecule has 1 amide bonds. The molecule has 1 atom stereocenters. The van der Waals surface area contributed by atoms with E-state index in [9.17, 15) is 18.0 Å². The van der Waals surface area contributed by atoms with Gasteiger partial charge in [-0.2, -0.15) is 0 Å². The Labute approximate surface area is 121 Å². The monoisotopic (exact) mass is 320 g/mol. The van der Waals surface area contributed by atoms with Gasteiger partial charge in [0.1, 0.15) is 22.5 Å². The number of hydrogen-bond acceptors (Lipinski definition) is 7. The third-order valence-electron chi connectivity index (χ3n) is 2.46. The average Bonchev–Trinajstić information content (AvgIpc) is 2.81. The fourth-order valence-electron chi connectivity index (χ4n) is 1.45. The Morgan fingerprint density at radius 1 is 1.52 bits per heavy atom. The predicted molar refractivity (Wildman–Crippen MR) is 70.4 cm³/mol. The maximum Gasteiger partial charge on any atom is 0.326 e. The van der Waals surface area contributed by atoms with Gasteiger partial charge in [-0.3, -0.25) is 4.79 Å². The van der Waals surface area contributed by atoms with Gasteiger partial charge in [-0.15, -0.1) is 0 Å². The largest absolute Gasteiger partial charge is 0.480 e. The summed E-state index contributed by atoms with van der Waals surface area (Å²) in [7, 11) is -1.88. The highest BCUT2D eigenvalue weighted by Gasteiger charge is 2.23. The molecular formula is C11H16N2O7S. The lowest BCUT2D eigenvalue weighted by molar-refractivity contribution is -0.139. The van der Waals surface area contributed by atoms with Crippen LogP contribution in [0, 0.1) is 0 Å². The van der Waals surface area contributed by atoms with E-state index in [-0.39, 0.29) is 24.5 Å². The zero-order valence-electron chi connectivity index (χ0n) is 11.5. The maximum atomic E-state index is 11.8. The lowest BCUT2D eigenvalue weighted by Crippen LogP contribution is -2.42. The molecular weight excluding hydrogens is 304 g/mol. The zero-order valence-corrected chi connectivity index (χ0v) is 12.3. The first-order valence-electron chi connectivity index (χ1n) is 5.89. The van der Waals surface area contributed by atoms with E-state index in [4.69, 9.17) is 14.4 Å². The Morgan fingerprint density at radius 3 is 2.71 bits per heavy atom. The molecule has 2 N–H and O–H groups in total. The van der Waals surface area contributed by atoms with Crippen LogP contribution < -0.4 is 5.32 Å². The summed E-state index contributed by atoms with van der Waals surface area (Å²) in [4.78, 5) is 22.8. The first-order valence-corrected chi connectivity index (χ1v) is 7.95. The molecule has 0 saturated heterocycles. The molecule has 0 bridgehead atoms. The van der Waals surface area contributed by atoms with E-state index in [1.165, 1.54) is 13.2 Å². The first kappa shape index (κ1) is 17.1. The van der Waals surface area contributed by atoms with Crippen molar-refractivity contribution in [2.24, 2.45) is 0 Å². The van der Waals surface area contributed by atoms with E-state index < -0.39 is 27.8 Å². The second-order valence-corrected chi connectivity index (χ2v) is 6.65. The van der Waals surface area contributed by atoms with Gasteiger partial charge < -0.3 is 19.7 Å². The third-order valence-corrected chi connectivity index (χ3v) is 3.44. The van der Waals surface area contributed by atoms with Crippen molar-refractivity contribution < 1.29 is 32.4 Å². The first-order chi connectivity index (χ1) is 9.73. The molecule has 0 aliphatic heterocycles. The Hall–Kier alpha value is -1.94. The summed E-state index contributed by atoms with van der Waals surface area (Å²) in [5.74, 6) is -2.13. The molecule has 118 valence electrons. The average molecular weight is 320 g/mol. The maximum absolute atomic E-state index is 11.8. The molecule has 1 unspecified atom stereocenters. The second kappa shape index (κ2) is 7.18. The SMILES string of the molecule is COCc1cc(C(=O)NC(CCS(C)(=O)=O)C(=O)O)no1. The fraction of sp³-hybridized carbons (Fsp3) is 0.545. The Bertz CT molecular complexity index is 608. The van der Waals surface area contributed by atoms with E-state index in [1.807, 2.05) is 0 Å². The van der Waals surface area contributed by atoms with E-state index in [1.54, 1.807) is 0 Å². The van der Waals surface area contributed by atoms with Crippen molar-refractivity contribution >= 4 is 21.7 Å². The van der Waals surface area contributed by atoms with Crippen LogP contribution in [-0.4, -0.2) is 55.7 Å². The number of sulfone groups is 1. The van der Waals surface area contributed by atoms with Gasteiger partial charge in [0.2, 0.25) is 0 Å². The van der Waals surface area contributed by atoms with Gasteiger partial charge >= 0.3 is 5.97 Å². The molecule has 1 rings (SSSR count). The van der Waals surface area contributed by atoms with Crippen molar-refractivity contribution in [3.05, 3.63) is 17.5 Å². The molecule has 0 radical (unpaired) electrons. The summed E-state index contributed by atoms with van der Waals surface area (Å²) in [5, 5.41) is 14.7. The third kappa shape index (κ3) is 5.92. The molecule has 0 aromatic carbocycles. The van der Waals surface area contributed by atoms with E-state index in [0.717, 1.165) is 6.26 Å². The van der Waals surface area contributed by atoms with Crippen LogP contribution in [0.4, 0.5) is 0 Å². The second-order valence-electron chi connectivity index (χ2n) is 4.39. The summed E-state index contributed by atoms with van der Waals surface area (Å²) in [6.07, 6.45) is 0.755. The highest BCUT2D eigenvalue weighted by atomic mass is 32.2. The van der Waals surface area contributed by atoms with Crippen LogP contribution in [0.25, 0.3) is 0 Å². The standard InChI is InChI=1S/C11H16N2O7S/c1-19-6-7-5-9(13-20-7)10(14)12-8(11(15)16)3-4-21(2,17)18/h5,8H,3-4,6H2,1-2H3,(H,12,14)(H,15,16). The van der Waals surface area contributed by atoms with Gasteiger partial charge in [-0.05, 0) is 6.42 Å². The van der Waals surface area contributed by atoms with Crippen molar-refractivity contribution in [1.29, 1.82) is 0 Å². The van der Waals surface area contributed by atoms with Crippen molar-refractivity contribution in [2.75, 3.05) is 19.1 Å². The number of ether oxygens (including phenoxy) is 1. The molecule has 21 heavy (non-hydrogen) atoms. The van der Waals surface area contributed by atoms with Crippen LogP contribution in [0.15, 0.2) is 10.6 Å². The number of carbonyl (C=O) groups is 2. The Morgan fingerprint density at radius 2 is 2.19 bits per heavy atom. The molecule has 1 aromatic rings. The summed E-state index contributed by atoms with van der Waals surface area (Å²) in [6.45, 7) is 0.122. The number of methoxy groups -OCH3 is 1. The van der Waals surface area contributed by atoms with Gasteiger partial charge in [0.05, 0.1) is 5.75 Å². The number of carboxylic acid groups (broad SMARTS) is 1. The van der Waals surface area contributed by atoms with Crippen LogP contribution in [0.1, 0.15) is 22.7 Å². The van der Waals surface area contributed by atoms with E-state index >= 15 is 0 Å². The van der Waals surface area contributed by atoms with Crippen LogP contribution in [0.5, 0.6) is 0 Å². The summed E-state index contributed by atoms with van der Waals surface area (Å²) in [6, 6.07) is -0.0105. The molecule has 0 spiro atoms. The van der Waals surface area contributed by atoms with Crippen molar-refractivity contribution in [3.63, 3.8) is 0 Å². The predicted octanol–water partition coefficient (Wildman–Crippen LogP) is -0.561. The summed E-state index contributed by atoms with van der Waals surface area (Å²) >= 11 is 0. The van der Waals surface area contributed by atoms with Gasteiger partial charge in [0.25, 0.3) is 5.91 Å². The van der Waals surface area contributed by atoms with Crippen LogP contribution in [0.3, 0.4) is 0 Å². The number of rotatable bonds is 8. The number of nitrogens with zero attached hydrogens (tertiary/aromatic N) is 1. The van der Waals surface area contributed by atoms with Crippen LogP contribution >= 0.6 is 0 Å². The van der Waals surface area contributed by atoms with Crippen LogP contribution in [-0.2, 0) is 26.0 Å². The normalized spacial score (nSPS) is 12.9. The number of hydrogen-bond donors (Lipinski definition) is 2. The smallest absolute Gasteiger partial charge is 0.326 e. The Balaban J connectivity index is 2.69. The quantitative estimate of drug-likeness (QED) is 0.650. The van der Waals surface area contributed by atoms with Gasteiger partial charge in [0, 0.05) is 19.4 Å². The number of amides is 1. The van der Waals surface area contributed by atoms with Gasteiger partial charge in [0.15, 0.2) is 11.5 Å². The van der Waals surface area contributed by atoms with Gasteiger partial charge in [-0.25, -0.2) is 13.2 Å². The fourth-order valence-corrected chi connectivity index (χ4v) is 2.12. The van der Waals surface area contributed by atoms with Gasteiger partial charge in [-0.1, -0.05) is 5.16 Å². The van der Waals surface area contributed by atoms with E-state index in [0.29, 0.717) is 5.76 Å².